The van der Waals surface area contributed by atoms with Crippen LogP contribution in [0.1, 0.15) is 28.3 Å². The van der Waals surface area contributed by atoms with Gasteiger partial charge in [-0.2, -0.15) is 0 Å². The van der Waals surface area contributed by atoms with E-state index in [1.54, 1.807) is 19.2 Å². The fourth-order valence-electron chi connectivity index (χ4n) is 2.84. The van der Waals surface area contributed by atoms with Crippen LogP contribution >= 0.6 is 0 Å². The number of anilines is 1. The Morgan fingerprint density at radius 3 is 2.42 bits per heavy atom. The van der Waals surface area contributed by atoms with E-state index in [0.717, 1.165) is 6.07 Å². The Bertz CT molecular complexity index is 805. The maximum Gasteiger partial charge on any atom is 0.248 e. The molecule has 0 heterocycles. The van der Waals surface area contributed by atoms with Crippen LogP contribution in [-0.4, -0.2) is 18.9 Å². The van der Waals surface area contributed by atoms with E-state index in [9.17, 15) is 18.4 Å². The van der Waals surface area contributed by atoms with E-state index in [-0.39, 0.29) is 23.3 Å². The SMILES string of the molecule is CN(C(=O)[C@@H]1C[C@@H]1c1cccc(F)c1F)c1ccc(C(N)=O)cc1. The van der Waals surface area contributed by atoms with Crippen LogP contribution in [-0.2, 0) is 4.79 Å². The first-order chi connectivity index (χ1) is 11.4. The van der Waals surface area contributed by atoms with Gasteiger partial charge in [0.2, 0.25) is 11.8 Å². The van der Waals surface area contributed by atoms with Crippen molar-refractivity contribution in [3.05, 3.63) is 65.2 Å². The Morgan fingerprint density at radius 2 is 1.79 bits per heavy atom. The van der Waals surface area contributed by atoms with Crippen LogP contribution in [0, 0.1) is 17.6 Å². The molecule has 124 valence electrons. The molecule has 3 rings (SSSR count). The van der Waals surface area contributed by atoms with E-state index in [1.165, 1.54) is 29.2 Å². The van der Waals surface area contributed by atoms with Gasteiger partial charge in [-0.25, -0.2) is 8.78 Å². The molecule has 2 aromatic carbocycles. The molecule has 4 nitrogen and oxygen atoms in total. The summed E-state index contributed by atoms with van der Waals surface area (Å²) in [4.78, 5) is 25.0. The zero-order valence-electron chi connectivity index (χ0n) is 13.0. The molecule has 2 amide bonds. The van der Waals surface area contributed by atoms with Crippen LogP contribution in [0.15, 0.2) is 42.5 Å². The Hall–Kier alpha value is -2.76. The summed E-state index contributed by atoms with van der Waals surface area (Å²) in [5, 5.41) is 0. The van der Waals surface area contributed by atoms with Crippen molar-refractivity contribution in [1.29, 1.82) is 0 Å². The van der Waals surface area contributed by atoms with Crippen molar-refractivity contribution < 1.29 is 18.4 Å². The van der Waals surface area contributed by atoms with E-state index in [0.29, 0.717) is 17.7 Å². The van der Waals surface area contributed by atoms with E-state index in [2.05, 4.69) is 0 Å². The van der Waals surface area contributed by atoms with Gasteiger partial charge in [-0.15, -0.1) is 0 Å². The number of carbonyl (C=O) groups is 2. The van der Waals surface area contributed by atoms with Gasteiger partial charge in [0.25, 0.3) is 0 Å². The van der Waals surface area contributed by atoms with Gasteiger partial charge in [-0.05, 0) is 48.2 Å². The van der Waals surface area contributed by atoms with Crippen LogP contribution in [0.2, 0.25) is 0 Å². The number of halogens is 2. The van der Waals surface area contributed by atoms with Crippen LogP contribution < -0.4 is 10.6 Å². The highest BCUT2D eigenvalue weighted by Crippen LogP contribution is 2.49. The monoisotopic (exact) mass is 330 g/mol. The number of nitrogens with zero attached hydrogens (tertiary/aromatic N) is 1. The van der Waals surface area contributed by atoms with Crippen LogP contribution in [0.3, 0.4) is 0 Å². The Kier molecular flexibility index (Phi) is 4.05. The number of hydrogen-bond acceptors (Lipinski definition) is 2. The molecule has 6 heteroatoms. The number of carbonyl (C=O) groups excluding carboxylic acids is 2. The zero-order chi connectivity index (χ0) is 17.4. The third-order valence-electron chi connectivity index (χ3n) is 4.36. The summed E-state index contributed by atoms with van der Waals surface area (Å²) in [7, 11) is 1.61. The van der Waals surface area contributed by atoms with Gasteiger partial charge in [0, 0.05) is 24.2 Å². The van der Waals surface area contributed by atoms with Crippen LogP contribution in [0.25, 0.3) is 0 Å². The second-order valence-corrected chi connectivity index (χ2v) is 5.90. The van der Waals surface area contributed by atoms with Crippen molar-refractivity contribution in [2.24, 2.45) is 11.7 Å². The van der Waals surface area contributed by atoms with E-state index < -0.39 is 17.5 Å². The summed E-state index contributed by atoms with van der Waals surface area (Å²) in [6, 6.07) is 10.3. The lowest BCUT2D eigenvalue weighted by molar-refractivity contribution is -0.119. The fourth-order valence-corrected chi connectivity index (χ4v) is 2.84. The number of amides is 2. The second-order valence-electron chi connectivity index (χ2n) is 5.90. The predicted octanol–water partition coefficient (Wildman–Crippen LogP) is 2.83. The molecule has 2 N–H and O–H groups in total. The molecule has 0 aliphatic heterocycles. The van der Waals surface area contributed by atoms with Gasteiger partial charge in [-0.3, -0.25) is 9.59 Å². The summed E-state index contributed by atoms with van der Waals surface area (Å²) in [6.07, 6.45) is 0.489. The molecule has 0 unspecified atom stereocenters. The lowest BCUT2D eigenvalue weighted by atomic mass is 10.1. The maximum atomic E-state index is 13.8. The minimum Gasteiger partial charge on any atom is -0.366 e. The average Bonchev–Trinajstić information content (AvgIpc) is 3.36. The molecule has 0 spiro atoms. The molecule has 1 fully saturated rings. The number of benzene rings is 2. The third kappa shape index (κ3) is 2.87. The molecule has 0 saturated heterocycles. The highest BCUT2D eigenvalue weighted by Gasteiger charge is 2.46. The molecule has 0 aromatic heterocycles. The van der Waals surface area contributed by atoms with Gasteiger partial charge < -0.3 is 10.6 Å². The Balaban J connectivity index is 1.73. The van der Waals surface area contributed by atoms with Crippen molar-refractivity contribution in [2.45, 2.75) is 12.3 Å². The van der Waals surface area contributed by atoms with Crippen LogP contribution in [0.4, 0.5) is 14.5 Å². The van der Waals surface area contributed by atoms with E-state index >= 15 is 0 Å². The molecule has 24 heavy (non-hydrogen) atoms. The zero-order valence-corrected chi connectivity index (χ0v) is 13.0. The third-order valence-corrected chi connectivity index (χ3v) is 4.36. The van der Waals surface area contributed by atoms with Crippen molar-refractivity contribution in [1.82, 2.24) is 0 Å². The molecule has 2 atom stereocenters. The maximum absolute atomic E-state index is 13.8. The van der Waals surface area contributed by atoms with Gasteiger partial charge in [0.15, 0.2) is 11.6 Å². The Labute approximate surface area is 137 Å². The van der Waals surface area contributed by atoms with Gasteiger partial charge in [0.1, 0.15) is 0 Å². The van der Waals surface area contributed by atoms with Gasteiger partial charge >= 0.3 is 0 Å². The van der Waals surface area contributed by atoms with E-state index in [1.807, 2.05) is 0 Å². The predicted molar refractivity (Wildman–Crippen MR) is 85.6 cm³/mol. The van der Waals surface area contributed by atoms with E-state index in [4.69, 9.17) is 5.73 Å². The summed E-state index contributed by atoms with van der Waals surface area (Å²) in [6.45, 7) is 0. The normalized spacial score (nSPS) is 19.0. The van der Waals surface area contributed by atoms with Crippen molar-refractivity contribution in [2.75, 3.05) is 11.9 Å². The summed E-state index contributed by atoms with van der Waals surface area (Å²) in [5.74, 6) is -3.18. The highest BCUT2D eigenvalue weighted by molar-refractivity contribution is 5.98. The number of nitrogens with two attached hydrogens (primary N) is 1. The van der Waals surface area contributed by atoms with Gasteiger partial charge in [0.05, 0.1) is 0 Å². The quantitative estimate of drug-likeness (QED) is 0.937. The first-order valence-electron chi connectivity index (χ1n) is 7.51. The first kappa shape index (κ1) is 16.1. The first-order valence-corrected chi connectivity index (χ1v) is 7.51. The average molecular weight is 330 g/mol. The lowest BCUT2D eigenvalue weighted by Gasteiger charge is -2.17. The summed E-state index contributed by atoms with van der Waals surface area (Å²) in [5.41, 5.74) is 6.38. The Morgan fingerprint density at radius 1 is 1.12 bits per heavy atom. The van der Waals surface area contributed by atoms with Crippen molar-refractivity contribution in [3.8, 4) is 0 Å². The second kappa shape index (κ2) is 6.03. The number of primary amides is 1. The van der Waals surface area contributed by atoms with Crippen molar-refractivity contribution in [3.63, 3.8) is 0 Å². The number of rotatable bonds is 4. The molecule has 0 bridgehead atoms. The molecule has 1 saturated carbocycles. The van der Waals surface area contributed by atoms with Gasteiger partial charge in [-0.1, -0.05) is 12.1 Å². The molecular formula is C18H16F2N2O2. The molecule has 2 aromatic rings. The molecular weight excluding hydrogens is 314 g/mol. The number of hydrogen-bond donors (Lipinski definition) is 1. The smallest absolute Gasteiger partial charge is 0.248 e. The molecule has 1 aliphatic carbocycles. The summed E-state index contributed by atoms with van der Waals surface area (Å²) >= 11 is 0. The largest absolute Gasteiger partial charge is 0.366 e. The fraction of sp³-hybridized carbons (Fsp3) is 0.222. The highest BCUT2D eigenvalue weighted by atomic mass is 19.2. The standard InChI is InChI=1S/C18H16F2N2O2/c1-22(11-7-5-10(6-8-11)17(21)23)18(24)14-9-13(14)12-3-2-4-15(19)16(12)20/h2-8,13-14H,9H2,1H3,(H2,21,23)/t13-,14-/m1/s1. The molecule has 0 radical (unpaired) electrons. The minimum absolute atomic E-state index is 0.171. The lowest BCUT2D eigenvalue weighted by Crippen LogP contribution is -2.28. The minimum atomic E-state index is -0.902. The van der Waals surface area contributed by atoms with Crippen LogP contribution in [0.5, 0.6) is 0 Å². The summed E-state index contributed by atoms with van der Waals surface area (Å²) < 4.78 is 27.1. The topological polar surface area (TPSA) is 63.4 Å². The molecule has 1 aliphatic rings. The van der Waals surface area contributed by atoms with Crippen molar-refractivity contribution >= 4 is 17.5 Å².